The van der Waals surface area contributed by atoms with Gasteiger partial charge in [0.25, 0.3) is 0 Å². The number of para-hydroxylation sites is 1. The molecule has 2 nitrogen and oxygen atoms in total. The molecule has 76 valence electrons. The fourth-order valence-electron chi connectivity index (χ4n) is 1.95. The van der Waals surface area contributed by atoms with Gasteiger partial charge >= 0.3 is 0 Å². The normalized spacial score (nSPS) is 19.7. The van der Waals surface area contributed by atoms with Crippen LogP contribution in [0.15, 0.2) is 18.2 Å². The molecule has 1 aliphatic heterocycles. The number of fused-ring (bicyclic) bond motifs is 1. The van der Waals surface area contributed by atoms with Crippen LogP contribution in [-0.4, -0.2) is 13.2 Å². The number of ether oxygens (including phenoxy) is 1. The van der Waals surface area contributed by atoms with Crippen molar-refractivity contribution in [2.75, 3.05) is 18.5 Å². The molecule has 0 spiro atoms. The van der Waals surface area contributed by atoms with E-state index in [-0.39, 0.29) is 0 Å². The van der Waals surface area contributed by atoms with E-state index in [4.69, 9.17) is 4.74 Å². The van der Waals surface area contributed by atoms with Crippen LogP contribution < -0.4 is 10.1 Å². The topological polar surface area (TPSA) is 21.3 Å². The van der Waals surface area contributed by atoms with Crippen molar-refractivity contribution < 1.29 is 4.74 Å². The second-order valence-corrected chi connectivity index (χ2v) is 3.91. The van der Waals surface area contributed by atoms with Gasteiger partial charge in [0.2, 0.25) is 0 Å². The first-order valence-corrected chi connectivity index (χ1v) is 5.29. The molecule has 2 rings (SSSR count). The van der Waals surface area contributed by atoms with Gasteiger partial charge in [-0.05, 0) is 30.9 Å². The third-order valence-electron chi connectivity index (χ3n) is 2.61. The molecule has 0 radical (unpaired) electrons. The van der Waals surface area contributed by atoms with Crippen LogP contribution in [-0.2, 0) is 6.42 Å². The van der Waals surface area contributed by atoms with Crippen molar-refractivity contribution in [1.82, 2.24) is 0 Å². The minimum atomic E-state index is 0.722. The highest BCUT2D eigenvalue weighted by Crippen LogP contribution is 2.33. The third-order valence-corrected chi connectivity index (χ3v) is 2.61. The van der Waals surface area contributed by atoms with Gasteiger partial charge in [-0.15, -0.1) is 0 Å². The van der Waals surface area contributed by atoms with Crippen LogP contribution in [0, 0.1) is 5.92 Å². The molecule has 0 bridgehead atoms. The molecule has 0 amide bonds. The minimum absolute atomic E-state index is 0.722. The number of nitrogens with one attached hydrogen (secondary N) is 1. The SMILES string of the molecule is CCOc1cccc2c1NCC(C)C2. The van der Waals surface area contributed by atoms with Crippen LogP contribution in [0.2, 0.25) is 0 Å². The van der Waals surface area contributed by atoms with Crippen molar-refractivity contribution in [3.63, 3.8) is 0 Å². The van der Waals surface area contributed by atoms with E-state index >= 15 is 0 Å². The van der Waals surface area contributed by atoms with Crippen molar-refractivity contribution in [2.24, 2.45) is 5.92 Å². The molecule has 1 atom stereocenters. The predicted octanol–water partition coefficient (Wildman–Crippen LogP) is 2.69. The van der Waals surface area contributed by atoms with E-state index in [0.29, 0.717) is 0 Å². The summed E-state index contributed by atoms with van der Waals surface area (Å²) in [4.78, 5) is 0. The average molecular weight is 191 g/mol. The highest BCUT2D eigenvalue weighted by molar-refractivity contribution is 5.63. The Morgan fingerprint density at radius 3 is 3.14 bits per heavy atom. The van der Waals surface area contributed by atoms with E-state index in [2.05, 4.69) is 24.4 Å². The van der Waals surface area contributed by atoms with E-state index in [9.17, 15) is 0 Å². The standard InChI is InChI=1S/C12H17NO/c1-3-14-11-6-4-5-10-7-9(2)8-13-12(10)11/h4-6,9,13H,3,7-8H2,1-2H3. The fraction of sp³-hybridized carbons (Fsp3) is 0.500. The summed E-state index contributed by atoms with van der Waals surface area (Å²) in [7, 11) is 0. The van der Waals surface area contributed by atoms with Crippen LogP contribution in [0.4, 0.5) is 5.69 Å². The maximum Gasteiger partial charge on any atom is 0.142 e. The Hall–Kier alpha value is -1.18. The van der Waals surface area contributed by atoms with Gasteiger partial charge in [0.05, 0.1) is 12.3 Å². The molecule has 0 aromatic heterocycles. The molecule has 0 saturated heterocycles. The lowest BCUT2D eigenvalue weighted by molar-refractivity contribution is 0.340. The fourth-order valence-corrected chi connectivity index (χ4v) is 1.95. The molecular weight excluding hydrogens is 174 g/mol. The van der Waals surface area contributed by atoms with E-state index in [1.54, 1.807) is 0 Å². The van der Waals surface area contributed by atoms with Gasteiger partial charge in [-0.2, -0.15) is 0 Å². The first-order valence-electron chi connectivity index (χ1n) is 5.29. The summed E-state index contributed by atoms with van der Waals surface area (Å²) in [5, 5.41) is 3.44. The highest BCUT2D eigenvalue weighted by Gasteiger charge is 2.17. The smallest absolute Gasteiger partial charge is 0.142 e. The molecule has 2 heteroatoms. The van der Waals surface area contributed by atoms with Crippen LogP contribution in [0.25, 0.3) is 0 Å². The zero-order valence-electron chi connectivity index (χ0n) is 8.84. The number of rotatable bonds is 2. The van der Waals surface area contributed by atoms with Crippen molar-refractivity contribution in [3.05, 3.63) is 23.8 Å². The summed E-state index contributed by atoms with van der Waals surface area (Å²) in [6.45, 7) is 6.07. The van der Waals surface area contributed by atoms with Gasteiger partial charge in [0.15, 0.2) is 0 Å². The van der Waals surface area contributed by atoms with Crippen molar-refractivity contribution in [1.29, 1.82) is 0 Å². The minimum Gasteiger partial charge on any atom is -0.492 e. The number of hydrogen-bond acceptors (Lipinski definition) is 2. The Bertz CT molecular complexity index is 308. The van der Waals surface area contributed by atoms with Crippen LogP contribution in [0.3, 0.4) is 0 Å². The summed E-state index contributed by atoms with van der Waals surface area (Å²) < 4.78 is 5.58. The van der Waals surface area contributed by atoms with Crippen molar-refractivity contribution >= 4 is 5.69 Å². The van der Waals surface area contributed by atoms with Gasteiger partial charge in [0, 0.05) is 6.54 Å². The second-order valence-electron chi connectivity index (χ2n) is 3.91. The molecule has 1 aromatic rings. The average Bonchev–Trinajstić information content (AvgIpc) is 2.18. The number of hydrogen-bond donors (Lipinski definition) is 1. The van der Waals surface area contributed by atoms with E-state index in [1.165, 1.54) is 11.3 Å². The van der Waals surface area contributed by atoms with Crippen molar-refractivity contribution in [3.8, 4) is 5.75 Å². The molecular formula is C12H17NO. The van der Waals surface area contributed by atoms with Gasteiger partial charge in [-0.1, -0.05) is 19.1 Å². The van der Waals surface area contributed by atoms with Crippen LogP contribution in [0.5, 0.6) is 5.75 Å². The largest absolute Gasteiger partial charge is 0.492 e. The lowest BCUT2D eigenvalue weighted by Gasteiger charge is -2.25. The monoisotopic (exact) mass is 191 g/mol. The Morgan fingerprint density at radius 2 is 2.36 bits per heavy atom. The molecule has 1 heterocycles. The Labute approximate surface area is 85.3 Å². The predicted molar refractivity (Wildman–Crippen MR) is 59.0 cm³/mol. The Balaban J connectivity index is 2.31. The second kappa shape index (κ2) is 3.91. The van der Waals surface area contributed by atoms with Gasteiger partial charge in [-0.3, -0.25) is 0 Å². The summed E-state index contributed by atoms with van der Waals surface area (Å²) in [5.41, 5.74) is 2.59. The van der Waals surface area contributed by atoms with E-state index < -0.39 is 0 Å². The maximum absolute atomic E-state index is 5.58. The first-order chi connectivity index (χ1) is 6.81. The van der Waals surface area contributed by atoms with Crippen molar-refractivity contribution in [2.45, 2.75) is 20.3 Å². The number of benzene rings is 1. The van der Waals surface area contributed by atoms with Crippen LogP contribution >= 0.6 is 0 Å². The maximum atomic E-state index is 5.58. The quantitative estimate of drug-likeness (QED) is 0.776. The molecule has 1 aromatic carbocycles. The molecule has 1 unspecified atom stereocenters. The van der Waals surface area contributed by atoms with Gasteiger partial charge in [0.1, 0.15) is 5.75 Å². The zero-order valence-corrected chi connectivity index (χ0v) is 8.84. The third kappa shape index (κ3) is 1.69. The molecule has 14 heavy (non-hydrogen) atoms. The lowest BCUT2D eigenvalue weighted by atomic mass is 9.95. The summed E-state index contributed by atoms with van der Waals surface area (Å²) in [5.74, 6) is 1.72. The van der Waals surface area contributed by atoms with E-state index in [1.807, 2.05) is 13.0 Å². The van der Waals surface area contributed by atoms with Gasteiger partial charge < -0.3 is 10.1 Å². The Kier molecular flexibility index (Phi) is 2.62. The summed E-state index contributed by atoms with van der Waals surface area (Å²) >= 11 is 0. The first kappa shape index (κ1) is 9.38. The molecule has 1 N–H and O–H groups in total. The molecule has 0 aliphatic carbocycles. The Morgan fingerprint density at radius 1 is 1.50 bits per heavy atom. The summed E-state index contributed by atoms with van der Waals surface area (Å²) in [6, 6.07) is 6.29. The van der Waals surface area contributed by atoms with E-state index in [0.717, 1.165) is 31.2 Å². The summed E-state index contributed by atoms with van der Waals surface area (Å²) in [6.07, 6.45) is 1.16. The molecule has 0 fully saturated rings. The number of anilines is 1. The molecule has 0 saturated carbocycles. The van der Waals surface area contributed by atoms with Crippen LogP contribution in [0.1, 0.15) is 19.4 Å². The lowest BCUT2D eigenvalue weighted by Crippen LogP contribution is -2.21. The molecule has 1 aliphatic rings. The highest BCUT2D eigenvalue weighted by atomic mass is 16.5. The zero-order chi connectivity index (χ0) is 9.97. The van der Waals surface area contributed by atoms with Gasteiger partial charge in [-0.25, -0.2) is 0 Å².